The van der Waals surface area contributed by atoms with Gasteiger partial charge in [0, 0.05) is 30.5 Å². The van der Waals surface area contributed by atoms with Crippen LogP contribution in [0.2, 0.25) is 0 Å². The van der Waals surface area contributed by atoms with Crippen LogP contribution in [0.4, 0.5) is 13.2 Å². The highest BCUT2D eigenvalue weighted by Crippen LogP contribution is 2.65. The number of carbonyl (C=O) groups excluding carboxylic acids is 3. The molecule has 0 radical (unpaired) electrons. The maximum atomic E-state index is 13.2. The molecule has 0 amide bonds. The quantitative estimate of drug-likeness (QED) is 0.230. The summed E-state index contributed by atoms with van der Waals surface area (Å²) >= 11 is 0. The highest BCUT2D eigenvalue weighted by Gasteiger charge is 2.72. The van der Waals surface area contributed by atoms with E-state index in [0.717, 1.165) is 12.5 Å². The number of aromatic hydroxyl groups is 1. The molecule has 2 aliphatic heterocycles. The van der Waals surface area contributed by atoms with Crippen molar-refractivity contribution in [3.63, 3.8) is 0 Å². The van der Waals surface area contributed by atoms with E-state index in [9.17, 15) is 47.7 Å². The van der Waals surface area contributed by atoms with Crippen molar-refractivity contribution >= 4 is 29.8 Å². The van der Waals surface area contributed by atoms with Gasteiger partial charge in [-0.15, -0.1) is 0 Å². The van der Waals surface area contributed by atoms with E-state index in [1.165, 1.54) is 12.1 Å². The fourth-order valence-corrected chi connectivity index (χ4v) is 7.22. The Morgan fingerprint density at radius 1 is 1.06 bits per heavy atom. The normalized spacial score (nSPS) is 25.6. The van der Waals surface area contributed by atoms with Crippen LogP contribution in [0.25, 0.3) is 0 Å². The molecule has 6 atom stereocenters. The first-order chi connectivity index (χ1) is 23.4. The van der Waals surface area contributed by atoms with Crippen LogP contribution in [-0.2, 0) is 50.0 Å². The Bertz CT molecular complexity index is 1750. The molecule has 2 unspecified atom stereocenters. The number of aliphatic hydroxyl groups is 1. The number of esters is 3. The summed E-state index contributed by atoms with van der Waals surface area (Å²) in [6.45, 7) is 1.67. The van der Waals surface area contributed by atoms with Crippen LogP contribution in [0, 0.1) is 0 Å². The van der Waals surface area contributed by atoms with E-state index in [4.69, 9.17) is 28.8 Å². The van der Waals surface area contributed by atoms with E-state index in [1.54, 1.807) is 30.3 Å². The van der Waals surface area contributed by atoms with Gasteiger partial charge in [0.05, 0.1) is 17.4 Å². The number of ether oxygens (including phenoxy) is 4. The molecule has 2 heterocycles. The molecule has 0 aromatic heterocycles. The lowest BCUT2D eigenvalue weighted by atomic mass is 9.50. The predicted octanol–water partition coefficient (Wildman–Crippen LogP) is 2.54. The summed E-state index contributed by atoms with van der Waals surface area (Å²) in [6, 6.07) is 10.9. The van der Waals surface area contributed by atoms with Crippen molar-refractivity contribution in [2.45, 2.75) is 74.2 Å². The largest absolute Gasteiger partial charge is 0.504 e. The second kappa shape index (κ2) is 13.3. The summed E-state index contributed by atoms with van der Waals surface area (Å²) in [5.41, 5.74) is -0.424. The van der Waals surface area contributed by atoms with Crippen LogP contribution in [0.1, 0.15) is 49.0 Å². The van der Waals surface area contributed by atoms with Gasteiger partial charge in [0.25, 0.3) is 0 Å². The topological polar surface area (TPSA) is 206 Å². The average molecular weight is 708 g/mol. The number of carboxylic acids is 2. The summed E-state index contributed by atoms with van der Waals surface area (Å²) in [5, 5.41) is 39.7. The number of piperidine rings is 1. The second-order valence-electron chi connectivity index (χ2n) is 12.2. The van der Waals surface area contributed by atoms with Gasteiger partial charge in [-0.2, -0.15) is 13.2 Å². The van der Waals surface area contributed by atoms with Crippen LogP contribution in [0.15, 0.2) is 54.3 Å². The molecular weight excluding hydrogens is 675 g/mol. The number of nitrogens with zero attached hydrogens (tertiary/aromatic N) is 1. The zero-order valence-electron chi connectivity index (χ0n) is 26.5. The molecule has 1 saturated heterocycles. The van der Waals surface area contributed by atoms with Gasteiger partial charge in [-0.05, 0) is 44.1 Å². The van der Waals surface area contributed by atoms with Crippen LogP contribution in [0.3, 0.4) is 0 Å². The fraction of sp³-hybridized carbons (Fsp3) is 0.424. The third-order valence-corrected chi connectivity index (χ3v) is 9.31. The zero-order valence-corrected chi connectivity index (χ0v) is 26.5. The Morgan fingerprint density at radius 3 is 2.32 bits per heavy atom. The number of phenols is 1. The Hall–Kier alpha value is -5.16. The minimum absolute atomic E-state index is 0.0861. The van der Waals surface area contributed by atoms with Gasteiger partial charge in [0.2, 0.25) is 12.2 Å². The van der Waals surface area contributed by atoms with Gasteiger partial charge < -0.3 is 44.3 Å². The average Bonchev–Trinajstić information content (AvgIpc) is 3.40. The number of aliphatic carboxylic acids is 2. The van der Waals surface area contributed by atoms with Crippen LogP contribution >= 0.6 is 0 Å². The lowest BCUT2D eigenvalue weighted by molar-refractivity contribution is -0.192. The number of rotatable bonds is 8. The van der Waals surface area contributed by atoms with Crippen LogP contribution in [-0.4, -0.2) is 98.8 Å². The van der Waals surface area contributed by atoms with Crippen molar-refractivity contribution in [3.05, 3.63) is 71.0 Å². The van der Waals surface area contributed by atoms with Gasteiger partial charge in [0.15, 0.2) is 17.6 Å². The lowest BCUT2D eigenvalue weighted by Crippen LogP contribution is -2.74. The molecule has 1 spiro atoms. The maximum Gasteiger partial charge on any atom is 0.490 e. The molecule has 2 aromatic rings. The van der Waals surface area contributed by atoms with Gasteiger partial charge in [-0.25, -0.2) is 14.4 Å². The van der Waals surface area contributed by atoms with Crippen molar-refractivity contribution in [3.8, 4) is 11.5 Å². The van der Waals surface area contributed by atoms with Gasteiger partial charge in [-0.3, -0.25) is 9.59 Å². The van der Waals surface area contributed by atoms with Crippen molar-refractivity contribution in [2.75, 3.05) is 13.6 Å². The summed E-state index contributed by atoms with van der Waals surface area (Å²) in [4.78, 5) is 60.9. The molecule has 268 valence electrons. The van der Waals surface area contributed by atoms with E-state index < -0.39 is 71.8 Å². The first-order valence-electron chi connectivity index (χ1n) is 15.2. The SMILES string of the molecule is CC(=O)OC(CC(=O)OC1=CC[C@@]2(O)[C@H]3Cc4ccc(O)c5c4[C@@]2(CCN3C)[C@H]1O5)C(=O)OC(C(=O)O)c1ccccc1.O=C(O)C(F)(F)F. The van der Waals surface area contributed by atoms with Crippen molar-refractivity contribution in [2.24, 2.45) is 0 Å². The Morgan fingerprint density at radius 2 is 1.72 bits per heavy atom. The Kier molecular flexibility index (Phi) is 9.60. The van der Waals surface area contributed by atoms with Gasteiger partial charge in [-0.1, -0.05) is 36.4 Å². The third kappa shape index (κ3) is 6.33. The number of hydrogen-bond acceptors (Lipinski definition) is 12. The van der Waals surface area contributed by atoms with Gasteiger partial charge >= 0.3 is 36.0 Å². The third-order valence-electron chi connectivity index (χ3n) is 9.31. The molecule has 1 fully saturated rings. The van der Waals surface area contributed by atoms with Crippen molar-refractivity contribution in [1.82, 2.24) is 4.90 Å². The molecule has 6 rings (SSSR count). The molecule has 50 heavy (non-hydrogen) atoms. The molecule has 14 nitrogen and oxygen atoms in total. The molecule has 4 aliphatic rings. The molecule has 2 bridgehead atoms. The number of carbonyl (C=O) groups is 5. The zero-order chi connectivity index (χ0) is 36.8. The van der Waals surface area contributed by atoms with Crippen molar-refractivity contribution < 1.29 is 76.5 Å². The van der Waals surface area contributed by atoms with Gasteiger partial charge in [0.1, 0.15) is 5.76 Å². The number of carboxylic acid groups (broad SMARTS) is 2. The standard InChI is InChI=1S/C31H31NO11.C2HF3O2/c1-16(33)40-21(29(38)43-25(28(36)37)17-6-4-3-5-7-17)15-23(35)41-20-10-11-31(39)22-14-18-8-9-19(34)26-24(18)30(31,27(20)42-26)12-13-32(22)2;3-2(4,5)1(6)7/h3-10,21-22,25,27,34,39H,11-15H2,1-2H3,(H,36,37);(H,6,7)/t21?,22-,25?,27+,30+,31-;/m1./s1. The summed E-state index contributed by atoms with van der Waals surface area (Å²) in [6.07, 6.45) is -7.52. The summed E-state index contributed by atoms with van der Waals surface area (Å²) < 4.78 is 53.9. The van der Waals surface area contributed by atoms with E-state index >= 15 is 0 Å². The summed E-state index contributed by atoms with van der Waals surface area (Å²) in [7, 11) is 1.95. The molecule has 4 N–H and O–H groups in total. The van der Waals surface area contributed by atoms with E-state index in [1.807, 2.05) is 13.1 Å². The van der Waals surface area contributed by atoms with Crippen LogP contribution in [0.5, 0.6) is 11.5 Å². The molecule has 0 saturated carbocycles. The highest BCUT2D eigenvalue weighted by atomic mass is 19.4. The summed E-state index contributed by atoms with van der Waals surface area (Å²) in [5.74, 6) is -7.04. The van der Waals surface area contributed by atoms with E-state index in [0.29, 0.717) is 24.9 Å². The lowest BCUT2D eigenvalue weighted by Gasteiger charge is -2.61. The maximum absolute atomic E-state index is 13.2. The second-order valence-corrected chi connectivity index (χ2v) is 12.2. The van der Waals surface area contributed by atoms with Crippen LogP contribution < -0.4 is 4.74 Å². The molecule has 17 heteroatoms. The van der Waals surface area contributed by atoms with E-state index in [2.05, 4.69) is 4.90 Å². The smallest absolute Gasteiger partial charge is 0.490 e. The molecular formula is C33H32F3NO13. The Balaban J connectivity index is 0.000000630. The predicted molar refractivity (Wildman–Crippen MR) is 159 cm³/mol. The number of benzene rings is 2. The van der Waals surface area contributed by atoms with Crippen molar-refractivity contribution in [1.29, 1.82) is 0 Å². The van der Waals surface area contributed by atoms with E-state index in [-0.39, 0.29) is 35.3 Å². The monoisotopic (exact) mass is 707 g/mol. The number of likely N-dealkylation sites (tertiary alicyclic amines) is 1. The highest BCUT2D eigenvalue weighted by molar-refractivity contribution is 5.87. The number of halogens is 3. The minimum Gasteiger partial charge on any atom is -0.504 e. The Labute approximate surface area is 281 Å². The minimum atomic E-state index is -5.08. The number of phenolic OH excluding ortho intramolecular Hbond substituents is 1. The fourth-order valence-electron chi connectivity index (χ4n) is 7.22. The number of hydrogen-bond donors (Lipinski definition) is 4. The molecule has 2 aromatic carbocycles. The number of alkyl halides is 3. The first-order valence-corrected chi connectivity index (χ1v) is 15.2. The first kappa shape index (κ1) is 36.1. The number of likely N-dealkylation sites (N-methyl/N-ethyl adjacent to an activating group) is 1. The molecule has 2 aliphatic carbocycles.